The molecule has 0 aromatic carbocycles. The van der Waals surface area contributed by atoms with E-state index in [2.05, 4.69) is 9.88 Å². The monoisotopic (exact) mass is 296 g/mol. The van der Waals surface area contributed by atoms with Gasteiger partial charge in [0.15, 0.2) is 0 Å². The molecule has 0 aliphatic carbocycles. The number of hydrogen-bond acceptors (Lipinski definition) is 4. The second kappa shape index (κ2) is 7.74. The van der Waals surface area contributed by atoms with Crippen LogP contribution >= 0.6 is 11.3 Å². The Hall–Kier alpha value is -0.940. The maximum absolute atomic E-state index is 12.5. The zero-order valence-electron chi connectivity index (χ0n) is 12.4. The lowest BCUT2D eigenvalue weighted by atomic mass is 9.97. The molecule has 1 atom stereocenters. The Kier molecular flexibility index (Phi) is 5.98. The summed E-state index contributed by atoms with van der Waals surface area (Å²) in [6, 6.07) is 0.395. The molecule has 1 aromatic rings. The van der Waals surface area contributed by atoms with E-state index in [1.807, 2.05) is 12.3 Å². The molecule has 2 heterocycles. The van der Waals surface area contributed by atoms with Crippen LogP contribution in [-0.2, 0) is 16.0 Å². The lowest BCUT2D eigenvalue weighted by Gasteiger charge is -2.36. The zero-order valence-corrected chi connectivity index (χ0v) is 13.2. The summed E-state index contributed by atoms with van der Waals surface area (Å²) in [5.41, 5.74) is 0.915. The molecular formula is C15H24N2O2S. The van der Waals surface area contributed by atoms with E-state index in [9.17, 15) is 4.79 Å². The molecule has 0 unspecified atom stereocenters. The fourth-order valence-corrected chi connectivity index (χ4v) is 3.45. The molecular weight excluding hydrogens is 272 g/mol. The third kappa shape index (κ3) is 4.28. The van der Waals surface area contributed by atoms with Gasteiger partial charge in [0.05, 0.1) is 17.1 Å². The minimum Gasteiger partial charge on any atom is -0.385 e. The number of likely N-dealkylation sites (tertiary alicyclic amines) is 1. The first-order valence-corrected chi connectivity index (χ1v) is 8.28. The van der Waals surface area contributed by atoms with E-state index < -0.39 is 0 Å². The minimum atomic E-state index is 0.234. The van der Waals surface area contributed by atoms with E-state index in [1.54, 1.807) is 18.4 Å². The smallest absolute Gasteiger partial charge is 0.228 e. The zero-order chi connectivity index (χ0) is 14.4. The van der Waals surface area contributed by atoms with Crippen LogP contribution < -0.4 is 0 Å². The Labute approximate surface area is 125 Å². The van der Waals surface area contributed by atoms with Crippen molar-refractivity contribution in [2.45, 2.75) is 51.5 Å². The van der Waals surface area contributed by atoms with Gasteiger partial charge in [0.1, 0.15) is 0 Å². The van der Waals surface area contributed by atoms with E-state index in [0.717, 1.165) is 49.5 Å². The summed E-state index contributed by atoms with van der Waals surface area (Å²) in [4.78, 5) is 19.0. The van der Waals surface area contributed by atoms with E-state index in [1.165, 1.54) is 6.42 Å². The van der Waals surface area contributed by atoms with Crippen molar-refractivity contribution in [3.63, 3.8) is 0 Å². The summed E-state index contributed by atoms with van der Waals surface area (Å²) in [7, 11) is 1.73. The van der Waals surface area contributed by atoms with E-state index in [4.69, 9.17) is 4.74 Å². The number of nitrogens with zero attached hydrogens (tertiary/aromatic N) is 2. The molecule has 0 spiro atoms. The second-order valence-corrected chi connectivity index (χ2v) is 6.47. The Morgan fingerprint density at radius 3 is 3.10 bits per heavy atom. The molecule has 1 aliphatic rings. The maximum Gasteiger partial charge on any atom is 0.228 e. The van der Waals surface area contributed by atoms with Crippen molar-refractivity contribution in [3.8, 4) is 0 Å². The summed E-state index contributed by atoms with van der Waals surface area (Å²) in [6.07, 6.45) is 6.02. The molecule has 112 valence electrons. The van der Waals surface area contributed by atoms with Gasteiger partial charge in [-0.15, -0.1) is 11.3 Å². The largest absolute Gasteiger partial charge is 0.385 e. The third-order valence-electron chi connectivity index (χ3n) is 3.83. The Morgan fingerprint density at radius 1 is 1.55 bits per heavy atom. The van der Waals surface area contributed by atoms with Crippen molar-refractivity contribution in [3.05, 3.63) is 16.1 Å². The van der Waals surface area contributed by atoms with Crippen LogP contribution in [0.3, 0.4) is 0 Å². The van der Waals surface area contributed by atoms with Gasteiger partial charge in [0, 0.05) is 31.7 Å². The highest BCUT2D eigenvalue weighted by molar-refractivity contribution is 7.09. The van der Waals surface area contributed by atoms with Gasteiger partial charge in [0.2, 0.25) is 5.91 Å². The highest BCUT2D eigenvalue weighted by atomic mass is 32.1. The molecule has 1 fully saturated rings. The number of amides is 1. The Morgan fingerprint density at radius 2 is 2.40 bits per heavy atom. The van der Waals surface area contributed by atoms with Gasteiger partial charge >= 0.3 is 0 Å². The lowest BCUT2D eigenvalue weighted by Crippen LogP contribution is -2.44. The summed E-state index contributed by atoms with van der Waals surface area (Å²) in [5, 5.41) is 3.03. The number of ether oxygens (including phenoxy) is 1. The summed E-state index contributed by atoms with van der Waals surface area (Å²) < 4.78 is 5.11. The quantitative estimate of drug-likeness (QED) is 0.758. The Balaban J connectivity index is 1.90. The fraction of sp³-hybridized carbons (Fsp3) is 0.733. The topological polar surface area (TPSA) is 42.4 Å². The highest BCUT2D eigenvalue weighted by Crippen LogP contribution is 2.22. The van der Waals surface area contributed by atoms with Gasteiger partial charge in [-0.1, -0.05) is 0 Å². The number of aryl methyl sites for hydroxylation is 1. The van der Waals surface area contributed by atoms with E-state index in [-0.39, 0.29) is 5.91 Å². The number of carbonyl (C=O) groups excluding carboxylic acids is 1. The molecule has 1 saturated heterocycles. The first-order valence-electron chi connectivity index (χ1n) is 7.40. The van der Waals surface area contributed by atoms with Gasteiger partial charge in [-0.3, -0.25) is 4.79 Å². The molecule has 4 nitrogen and oxygen atoms in total. The molecule has 20 heavy (non-hydrogen) atoms. The average molecular weight is 296 g/mol. The molecule has 0 bridgehead atoms. The number of rotatable bonds is 6. The van der Waals surface area contributed by atoms with Crippen LogP contribution in [0, 0.1) is 6.92 Å². The fourth-order valence-electron chi connectivity index (χ4n) is 2.84. The third-order valence-corrected chi connectivity index (χ3v) is 4.65. The molecule has 0 radical (unpaired) electrons. The molecule has 0 N–H and O–H groups in total. The predicted octanol–water partition coefficient (Wildman–Crippen LogP) is 2.80. The first-order chi connectivity index (χ1) is 9.70. The number of methoxy groups -OCH3 is 1. The van der Waals surface area contributed by atoms with Gasteiger partial charge in [-0.05, 0) is 39.0 Å². The van der Waals surface area contributed by atoms with Gasteiger partial charge in [-0.2, -0.15) is 0 Å². The lowest BCUT2D eigenvalue weighted by molar-refractivity contribution is -0.134. The summed E-state index contributed by atoms with van der Waals surface area (Å²) >= 11 is 1.61. The minimum absolute atomic E-state index is 0.234. The number of thiazole rings is 1. The first kappa shape index (κ1) is 15.4. The number of carbonyl (C=O) groups is 1. The normalized spacial score (nSPS) is 19.3. The van der Waals surface area contributed by atoms with Crippen LogP contribution in [-0.4, -0.2) is 42.1 Å². The predicted molar refractivity (Wildman–Crippen MR) is 81.0 cm³/mol. The van der Waals surface area contributed by atoms with E-state index in [0.29, 0.717) is 12.5 Å². The van der Waals surface area contributed by atoms with Crippen molar-refractivity contribution in [2.75, 3.05) is 20.3 Å². The van der Waals surface area contributed by atoms with Crippen molar-refractivity contribution in [1.82, 2.24) is 9.88 Å². The Bertz CT molecular complexity index is 433. The highest BCUT2D eigenvalue weighted by Gasteiger charge is 2.26. The average Bonchev–Trinajstić information content (AvgIpc) is 2.85. The van der Waals surface area contributed by atoms with Gasteiger partial charge < -0.3 is 9.64 Å². The van der Waals surface area contributed by atoms with Crippen LogP contribution in [0.5, 0.6) is 0 Å². The standard InChI is InChI=1S/C15H24N2O2S/c1-12-16-13(11-20-12)10-15(18)17-8-4-3-6-14(17)7-5-9-19-2/h11,14H,3-10H2,1-2H3/t14-/m0/s1. The summed E-state index contributed by atoms with van der Waals surface area (Å²) in [6.45, 7) is 3.66. The molecule has 5 heteroatoms. The number of hydrogen-bond donors (Lipinski definition) is 0. The van der Waals surface area contributed by atoms with Crippen LogP contribution in [0.25, 0.3) is 0 Å². The van der Waals surface area contributed by atoms with Gasteiger partial charge in [0.25, 0.3) is 0 Å². The maximum atomic E-state index is 12.5. The second-order valence-electron chi connectivity index (χ2n) is 5.41. The SMILES string of the molecule is COCCC[C@@H]1CCCCN1C(=O)Cc1csc(C)n1. The number of piperidine rings is 1. The van der Waals surface area contributed by atoms with Crippen molar-refractivity contribution >= 4 is 17.2 Å². The number of aromatic nitrogens is 1. The van der Waals surface area contributed by atoms with Crippen LogP contribution in [0.2, 0.25) is 0 Å². The van der Waals surface area contributed by atoms with Crippen LogP contribution in [0.15, 0.2) is 5.38 Å². The summed E-state index contributed by atoms with van der Waals surface area (Å²) in [5.74, 6) is 0.234. The molecule has 1 amide bonds. The van der Waals surface area contributed by atoms with Crippen molar-refractivity contribution in [1.29, 1.82) is 0 Å². The molecule has 0 saturated carbocycles. The molecule has 1 aliphatic heterocycles. The van der Waals surface area contributed by atoms with Gasteiger partial charge in [-0.25, -0.2) is 4.98 Å². The van der Waals surface area contributed by atoms with Crippen molar-refractivity contribution < 1.29 is 9.53 Å². The van der Waals surface area contributed by atoms with Crippen LogP contribution in [0.4, 0.5) is 0 Å². The van der Waals surface area contributed by atoms with Crippen LogP contribution in [0.1, 0.15) is 42.8 Å². The van der Waals surface area contributed by atoms with Crippen molar-refractivity contribution in [2.24, 2.45) is 0 Å². The molecule has 2 rings (SSSR count). The molecule has 1 aromatic heterocycles. The van der Waals surface area contributed by atoms with E-state index >= 15 is 0 Å².